The van der Waals surface area contributed by atoms with Gasteiger partial charge in [0.2, 0.25) is 0 Å². The van der Waals surface area contributed by atoms with Gasteiger partial charge in [-0.3, -0.25) is 0 Å². The average Bonchev–Trinajstić information content (AvgIpc) is 1.69. The lowest BCUT2D eigenvalue weighted by atomic mass is 10.4. The van der Waals surface area contributed by atoms with E-state index in [0.717, 1.165) is 0 Å². The molecule has 0 saturated heterocycles. The molecular formula is C6H11Cl4P. The van der Waals surface area contributed by atoms with Gasteiger partial charge in [-0.1, -0.05) is 30.3 Å². The fraction of sp³-hybridized carbons (Fsp3) is 0. The summed E-state index contributed by atoms with van der Waals surface area (Å²) in [6, 6.07) is 10.1. The van der Waals surface area contributed by atoms with E-state index in [1.807, 2.05) is 30.3 Å². The van der Waals surface area contributed by atoms with Gasteiger partial charge in [0.1, 0.15) is 0 Å². The molecule has 0 fully saturated rings. The zero-order valence-corrected chi connectivity index (χ0v) is 10.0. The van der Waals surface area contributed by atoms with Crippen molar-refractivity contribution in [2.75, 3.05) is 0 Å². The molecule has 11 heavy (non-hydrogen) atoms. The molecule has 0 bridgehead atoms. The van der Waals surface area contributed by atoms with Crippen LogP contribution in [-0.2, 0) is 0 Å². The first kappa shape index (κ1) is 22.6. The van der Waals surface area contributed by atoms with Gasteiger partial charge in [0.25, 0.3) is 0 Å². The van der Waals surface area contributed by atoms with Crippen LogP contribution in [0, 0.1) is 0 Å². The van der Waals surface area contributed by atoms with Gasteiger partial charge >= 0.3 is 0 Å². The van der Waals surface area contributed by atoms with Crippen LogP contribution in [0.2, 0.25) is 0 Å². The Balaban J connectivity index is -0.0000000612. The molecule has 0 amide bonds. The summed E-state index contributed by atoms with van der Waals surface area (Å²) in [5.41, 5.74) is 0. The third-order valence-electron chi connectivity index (χ3n) is 0.800. The Morgan fingerprint density at radius 1 is 0.727 bits per heavy atom. The van der Waals surface area contributed by atoms with E-state index in [1.165, 1.54) is 5.30 Å². The van der Waals surface area contributed by atoms with Gasteiger partial charge in [-0.05, 0) is 5.30 Å². The van der Waals surface area contributed by atoms with E-state index >= 15 is 0 Å². The first-order valence-corrected chi connectivity index (χ1v) is 2.78. The van der Waals surface area contributed by atoms with Crippen molar-refractivity contribution in [2.45, 2.75) is 0 Å². The minimum atomic E-state index is 0. The Kier molecular flexibility index (Phi) is 27.6. The van der Waals surface area contributed by atoms with E-state index in [0.29, 0.717) is 0 Å². The van der Waals surface area contributed by atoms with Crippen LogP contribution in [-0.4, -0.2) is 0 Å². The van der Waals surface area contributed by atoms with E-state index in [2.05, 4.69) is 9.24 Å². The van der Waals surface area contributed by atoms with E-state index < -0.39 is 0 Å². The third-order valence-corrected chi connectivity index (χ3v) is 1.18. The lowest BCUT2D eigenvalue weighted by Gasteiger charge is -1.82. The van der Waals surface area contributed by atoms with Crippen molar-refractivity contribution in [3.63, 3.8) is 0 Å². The smallest absolute Gasteiger partial charge is 0.0303 e. The van der Waals surface area contributed by atoms with Crippen molar-refractivity contribution in [3.05, 3.63) is 30.3 Å². The van der Waals surface area contributed by atoms with Gasteiger partial charge in [-0.25, -0.2) is 0 Å². The molecule has 0 N–H and O–H groups in total. The van der Waals surface area contributed by atoms with E-state index in [4.69, 9.17) is 0 Å². The zero-order valence-electron chi connectivity index (χ0n) is 5.60. The maximum absolute atomic E-state index is 2.63. The van der Waals surface area contributed by atoms with Crippen LogP contribution < -0.4 is 5.30 Å². The first-order valence-electron chi connectivity index (χ1n) is 2.20. The lowest BCUT2D eigenvalue weighted by molar-refractivity contribution is 1.78. The molecule has 0 aliphatic carbocycles. The molecule has 0 aromatic heterocycles. The number of rotatable bonds is 0. The minimum absolute atomic E-state index is 0. The molecule has 1 unspecified atom stereocenters. The molecule has 1 atom stereocenters. The highest BCUT2D eigenvalue weighted by Crippen LogP contribution is 1.86. The highest BCUT2D eigenvalue weighted by molar-refractivity contribution is 7.27. The second-order valence-electron chi connectivity index (χ2n) is 1.41. The SMILES string of the molecule is Cl.Cl.Cl.Cl.Pc1ccccc1. The van der Waals surface area contributed by atoms with Gasteiger partial charge in [0.05, 0.1) is 0 Å². The summed E-state index contributed by atoms with van der Waals surface area (Å²) >= 11 is 0. The summed E-state index contributed by atoms with van der Waals surface area (Å²) in [5.74, 6) is 0. The van der Waals surface area contributed by atoms with E-state index in [-0.39, 0.29) is 49.6 Å². The molecular weight excluding hydrogens is 245 g/mol. The average molecular weight is 256 g/mol. The predicted molar refractivity (Wildman–Crippen MR) is 64.8 cm³/mol. The quantitative estimate of drug-likeness (QED) is 0.626. The van der Waals surface area contributed by atoms with E-state index in [9.17, 15) is 0 Å². The summed E-state index contributed by atoms with van der Waals surface area (Å²) in [6.07, 6.45) is 0. The van der Waals surface area contributed by atoms with Crippen LogP contribution in [0.4, 0.5) is 0 Å². The Hall–Kier alpha value is 0.810. The summed E-state index contributed by atoms with van der Waals surface area (Å²) in [4.78, 5) is 0. The Morgan fingerprint density at radius 3 is 1.27 bits per heavy atom. The normalized spacial score (nSPS) is 5.55. The molecule has 0 spiro atoms. The van der Waals surface area contributed by atoms with E-state index in [1.54, 1.807) is 0 Å². The lowest BCUT2D eigenvalue weighted by Crippen LogP contribution is -1.82. The summed E-state index contributed by atoms with van der Waals surface area (Å²) < 4.78 is 0. The van der Waals surface area contributed by atoms with Crippen LogP contribution in [0.1, 0.15) is 0 Å². The molecule has 1 aromatic carbocycles. The maximum atomic E-state index is 2.63. The topological polar surface area (TPSA) is 0 Å². The van der Waals surface area contributed by atoms with Gasteiger partial charge in [0.15, 0.2) is 0 Å². The second kappa shape index (κ2) is 13.4. The van der Waals surface area contributed by atoms with Gasteiger partial charge in [-0.15, -0.1) is 58.9 Å². The molecule has 0 radical (unpaired) electrons. The van der Waals surface area contributed by atoms with Gasteiger partial charge < -0.3 is 0 Å². The number of hydrogen-bond acceptors (Lipinski definition) is 0. The summed E-state index contributed by atoms with van der Waals surface area (Å²) in [6.45, 7) is 0. The Morgan fingerprint density at radius 2 is 1.09 bits per heavy atom. The number of hydrogen-bond donors (Lipinski definition) is 0. The standard InChI is InChI=1S/C6H7P.4ClH/c7-6-4-2-1-3-5-6;;;;/h1-5H,7H2;4*1H. The van der Waals surface area contributed by atoms with Crippen LogP contribution >= 0.6 is 58.9 Å². The molecule has 0 heterocycles. The van der Waals surface area contributed by atoms with Crippen molar-refractivity contribution in [3.8, 4) is 0 Å². The van der Waals surface area contributed by atoms with Crippen molar-refractivity contribution in [1.29, 1.82) is 0 Å². The van der Waals surface area contributed by atoms with Crippen molar-refractivity contribution >= 4 is 64.2 Å². The fourth-order valence-corrected chi connectivity index (χ4v) is 0.675. The Labute approximate surface area is 94.4 Å². The first-order chi connectivity index (χ1) is 3.39. The molecule has 5 heteroatoms. The largest absolute Gasteiger partial charge is 0.147 e. The molecule has 0 nitrogen and oxygen atoms in total. The number of benzene rings is 1. The van der Waals surface area contributed by atoms with Crippen LogP contribution in [0.3, 0.4) is 0 Å². The summed E-state index contributed by atoms with van der Waals surface area (Å²) in [5, 5.41) is 1.24. The van der Waals surface area contributed by atoms with Crippen LogP contribution in [0.15, 0.2) is 30.3 Å². The monoisotopic (exact) mass is 254 g/mol. The molecule has 0 saturated carbocycles. The molecule has 68 valence electrons. The highest BCUT2D eigenvalue weighted by atomic mass is 35.5. The maximum Gasteiger partial charge on any atom is -0.0303 e. The van der Waals surface area contributed by atoms with Crippen molar-refractivity contribution in [2.24, 2.45) is 0 Å². The third kappa shape index (κ3) is 10.8. The molecule has 0 aliphatic rings. The zero-order chi connectivity index (χ0) is 5.11. The van der Waals surface area contributed by atoms with Crippen LogP contribution in [0.5, 0.6) is 0 Å². The summed E-state index contributed by atoms with van der Waals surface area (Å²) in [7, 11) is 2.63. The Bertz CT molecular complexity index is 145. The van der Waals surface area contributed by atoms with Crippen LogP contribution in [0.25, 0.3) is 0 Å². The molecule has 1 rings (SSSR count). The molecule has 1 aromatic rings. The fourth-order valence-electron chi connectivity index (χ4n) is 0.453. The molecule has 0 aliphatic heterocycles. The predicted octanol–water partition coefficient (Wildman–Crippen LogP) is 2.87. The van der Waals surface area contributed by atoms with Crippen molar-refractivity contribution in [1.82, 2.24) is 0 Å². The number of halogens is 4. The minimum Gasteiger partial charge on any atom is -0.147 e. The van der Waals surface area contributed by atoms with Gasteiger partial charge in [-0.2, -0.15) is 0 Å². The highest BCUT2D eigenvalue weighted by Gasteiger charge is 1.72. The van der Waals surface area contributed by atoms with Gasteiger partial charge in [0, 0.05) is 0 Å². The second-order valence-corrected chi connectivity index (χ2v) is 2.08. The van der Waals surface area contributed by atoms with Crippen molar-refractivity contribution < 1.29 is 0 Å².